The number of hydrogen-bond acceptors (Lipinski definition) is 6. The average Bonchev–Trinajstić information content (AvgIpc) is 2.71. The number of carboxylic acid groups (broad SMARTS) is 1. The van der Waals surface area contributed by atoms with Gasteiger partial charge in [-0.15, -0.1) is 0 Å². The van der Waals surface area contributed by atoms with Gasteiger partial charge in [-0.3, -0.25) is 14.6 Å². The van der Waals surface area contributed by atoms with Gasteiger partial charge in [-0.1, -0.05) is 0 Å². The molecule has 2 aromatic rings. The number of aromatic carboxylic acids is 1. The predicted molar refractivity (Wildman–Crippen MR) is 64.4 cm³/mol. The predicted octanol–water partition coefficient (Wildman–Crippen LogP) is 0.370. The maximum atomic E-state index is 12.2. The summed E-state index contributed by atoms with van der Waals surface area (Å²) in [7, 11) is 0. The van der Waals surface area contributed by atoms with Crippen molar-refractivity contribution >= 4 is 23.6 Å². The highest BCUT2D eigenvalue weighted by Gasteiger charge is 2.39. The van der Waals surface area contributed by atoms with Crippen molar-refractivity contribution < 1.29 is 19.5 Å². The van der Waals surface area contributed by atoms with Crippen molar-refractivity contribution in [2.75, 3.05) is 4.90 Å². The number of hydrogen-bond donors (Lipinski definition) is 1. The molecule has 1 N–H and O–H groups in total. The Morgan fingerprint density at radius 1 is 1.05 bits per heavy atom. The lowest BCUT2D eigenvalue weighted by molar-refractivity contribution is 0.0691. The molecule has 8 nitrogen and oxygen atoms in total. The third-order valence-electron chi connectivity index (χ3n) is 2.78. The van der Waals surface area contributed by atoms with Gasteiger partial charge in [-0.25, -0.2) is 19.7 Å². The topological polar surface area (TPSA) is 113 Å². The van der Waals surface area contributed by atoms with Crippen molar-refractivity contribution in [3.8, 4) is 0 Å². The normalized spacial score (nSPS) is 13.5. The van der Waals surface area contributed by atoms with E-state index in [0.717, 1.165) is 0 Å². The number of imide groups is 1. The first kappa shape index (κ1) is 11.9. The Kier molecular flexibility index (Phi) is 2.50. The van der Waals surface area contributed by atoms with Crippen LogP contribution in [-0.2, 0) is 0 Å². The molecule has 20 heavy (non-hydrogen) atoms. The molecular formula is C12H6N4O4. The van der Waals surface area contributed by atoms with E-state index in [0.29, 0.717) is 4.90 Å². The third-order valence-corrected chi connectivity index (χ3v) is 2.78. The highest BCUT2D eigenvalue weighted by molar-refractivity contribution is 6.34. The van der Waals surface area contributed by atoms with Crippen molar-refractivity contribution in [2.45, 2.75) is 0 Å². The fourth-order valence-electron chi connectivity index (χ4n) is 1.92. The molecule has 2 amide bonds. The van der Waals surface area contributed by atoms with E-state index in [9.17, 15) is 14.4 Å². The number of carboxylic acids is 1. The molecule has 0 aliphatic carbocycles. The van der Waals surface area contributed by atoms with E-state index in [1.807, 2.05) is 0 Å². The van der Waals surface area contributed by atoms with Gasteiger partial charge in [0.1, 0.15) is 0 Å². The van der Waals surface area contributed by atoms with E-state index in [1.54, 1.807) is 0 Å². The van der Waals surface area contributed by atoms with Crippen LogP contribution in [0, 0.1) is 0 Å². The monoisotopic (exact) mass is 270 g/mol. The van der Waals surface area contributed by atoms with E-state index in [2.05, 4.69) is 15.0 Å². The minimum Gasteiger partial charge on any atom is -0.476 e. The second-order valence-electron chi connectivity index (χ2n) is 3.90. The van der Waals surface area contributed by atoms with Gasteiger partial charge in [0.15, 0.2) is 11.5 Å². The number of carbonyl (C=O) groups is 3. The minimum atomic E-state index is -1.37. The van der Waals surface area contributed by atoms with Crippen LogP contribution in [0.2, 0.25) is 0 Å². The van der Waals surface area contributed by atoms with E-state index in [-0.39, 0.29) is 16.9 Å². The minimum absolute atomic E-state index is 0.111. The van der Waals surface area contributed by atoms with Crippen molar-refractivity contribution in [2.24, 2.45) is 0 Å². The van der Waals surface area contributed by atoms with Crippen LogP contribution in [0.1, 0.15) is 31.2 Å². The summed E-state index contributed by atoms with van der Waals surface area (Å²) < 4.78 is 0. The van der Waals surface area contributed by atoms with E-state index >= 15 is 0 Å². The van der Waals surface area contributed by atoms with Gasteiger partial charge in [-0.2, -0.15) is 0 Å². The number of pyridine rings is 1. The number of anilines is 1. The van der Waals surface area contributed by atoms with Gasteiger partial charge in [0.25, 0.3) is 11.8 Å². The number of rotatable bonds is 2. The molecule has 0 fully saturated rings. The van der Waals surface area contributed by atoms with E-state index in [4.69, 9.17) is 5.11 Å². The molecule has 0 bridgehead atoms. The first-order valence-electron chi connectivity index (χ1n) is 5.48. The molecule has 3 rings (SSSR count). The van der Waals surface area contributed by atoms with Crippen LogP contribution in [-0.4, -0.2) is 37.8 Å². The lowest BCUT2D eigenvalue weighted by Crippen LogP contribution is -2.32. The number of fused-ring (bicyclic) bond motifs is 1. The zero-order valence-corrected chi connectivity index (χ0v) is 9.85. The second-order valence-corrected chi connectivity index (χ2v) is 3.90. The molecule has 3 heterocycles. The van der Waals surface area contributed by atoms with E-state index in [1.165, 1.54) is 30.9 Å². The zero-order chi connectivity index (χ0) is 14.3. The summed E-state index contributed by atoms with van der Waals surface area (Å²) in [5.41, 5.74) is -0.193. The molecule has 0 atom stereocenters. The number of aromatic nitrogens is 3. The summed E-state index contributed by atoms with van der Waals surface area (Å²) in [6.07, 6.45) is 5.02. The fraction of sp³-hybridized carbons (Fsp3) is 0. The summed E-state index contributed by atoms with van der Waals surface area (Å²) >= 11 is 0. The van der Waals surface area contributed by atoms with Crippen molar-refractivity contribution in [3.63, 3.8) is 0 Å². The Morgan fingerprint density at radius 2 is 1.75 bits per heavy atom. The Bertz CT molecular complexity index is 724. The standard InChI is InChI=1S/C12H6N4O4/c17-10-6-1-2-13-5-7(6)11(18)16(10)9-8(12(19)20)14-3-4-15-9/h1-5H,(H,19,20). The van der Waals surface area contributed by atoms with Gasteiger partial charge in [0, 0.05) is 24.8 Å². The number of nitrogens with zero attached hydrogens (tertiary/aromatic N) is 4. The molecule has 1 aliphatic heterocycles. The van der Waals surface area contributed by atoms with Crippen molar-refractivity contribution in [1.29, 1.82) is 0 Å². The molecule has 0 saturated heterocycles. The molecule has 0 aromatic carbocycles. The summed E-state index contributed by atoms with van der Waals surface area (Å²) in [4.78, 5) is 47.4. The van der Waals surface area contributed by atoms with Crippen LogP contribution in [0.4, 0.5) is 5.82 Å². The zero-order valence-electron chi connectivity index (χ0n) is 9.85. The van der Waals surface area contributed by atoms with Gasteiger partial charge in [-0.05, 0) is 6.07 Å². The van der Waals surface area contributed by atoms with Crippen LogP contribution in [0.3, 0.4) is 0 Å². The molecule has 0 radical (unpaired) electrons. The Morgan fingerprint density at radius 3 is 2.45 bits per heavy atom. The summed E-state index contributed by atoms with van der Waals surface area (Å²) in [6.45, 7) is 0. The Hall–Kier alpha value is -3.16. The third kappa shape index (κ3) is 1.55. The van der Waals surface area contributed by atoms with Crippen LogP contribution < -0.4 is 4.90 Å². The fourth-order valence-corrected chi connectivity index (χ4v) is 1.92. The molecule has 2 aromatic heterocycles. The Labute approximate surface area is 111 Å². The molecule has 0 saturated carbocycles. The van der Waals surface area contributed by atoms with Gasteiger partial charge in [0.2, 0.25) is 0 Å². The molecule has 0 spiro atoms. The number of carbonyl (C=O) groups excluding carboxylic acids is 2. The number of amides is 2. The van der Waals surface area contributed by atoms with Crippen molar-refractivity contribution in [3.05, 3.63) is 47.7 Å². The Balaban J connectivity index is 2.17. The first-order valence-corrected chi connectivity index (χ1v) is 5.48. The SMILES string of the molecule is O=C(O)c1nccnc1N1C(=O)c2ccncc2C1=O. The average molecular weight is 270 g/mol. The molecule has 0 unspecified atom stereocenters. The molecule has 1 aliphatic rings. The first-order chi connectivity index (χ1) is 9.61. The molecule has 98 valence electrons. The highest BCUT2D eigenvalue weighted by Crippen LogP contribution is 2.27. The second kappa shape index (κ2) is 4.19. The van der Waals surface area contributed by atoms with E-state index < -0.39 is 23.5 Å². The smallest absolute Gasteiger partial charge is 0.358 e. The molecular weight excluding hydrogens is 264 g/mol. The van der Waals surface area contributed by atoms with Crippen LogP contribution in [0.15, 0.2) is 30.9 Å². The maximum Gasteiger partial charge on any atom is 0.358 e. The summed E-state index contributed by atoms with van der Waals surface area (Å²) in [5.74, 6) is -2.98. The van der Waals surface area contributed by atoms with Gasteiger partial charge >= 0.3 is 5.97 Å². The maximum absolute atomic E-state index is 12.2. The van der Waals surface area contributed by atoms with Crippen LogP contribution in [0.5, 0.6) is 0 Å². The quantitative estimate of drug-likeness (QED) is 0.784. The summed E-state index contributed by atoms with van der Waals surface area (Å²) in [6, 6.07) is 1.40. The molecule has 8 heteroatoms. The van der Waals surface area contributed by atoms with Crippen LogP contribution in [0.25, 0.3) is 0 Å². The van der Waals surface area contributed by atoms with Crippen LogP contribution >= 0.6 is 0 Å². The largest absolute Gasteiger partial charge is 0.476 e. The highest BCUT2D eigenvalue weighted by atomic mass is 16.4. The van der Waals surface area contributed by atoms with Gasteiger partial charge < -0.3 is 5.11 Å². The van der Waals surface area contributed by atoms with Gasteiger partial charge in [0.05, 0.1) is 11.1 Å². The van der Waals surface area contributed by atoms with Crippen molar-refractivity contribution in [1.82, 2.24) is 15.0 Å². The summed E-state index contributed by atoms with van der Waals surface area (Å²) in [5, 5.41) is 9.05. The lowest BCUT2D eigenvalue weighted by atomic mass is 10.2. The lowest BCUT2D eigenvalue weighted by Gasteiger charge is -2.13.